The van der Waals surface area contributed by atoms with Crippen LogP contribution in [0, 0.1) is 0 Å². The van der Waals surface area contributed by atoms with E-state index in [0.29, 0.717) is 0 Å². The van der Waals surface area contributed by atoms with E-state index in [1.54, 1.807) is 0 Å². The summed E-state index contributed by atoms with van der Waals surface area (Å²) in [5.74, 6) is 0. The predicted molar refractivity (Wildman–Crippen MR) is 78.6 cm³/mol. The molecule has 3 atom stereocenters. The fourth-order valence-electron chi connectivity index (χ4n) is 1.30. The number of phosphoric acid groups is 1. The van der Waals surface area contributed by atoms with Gasteiger partial charge in [-0.1, -0.05) is 0 Å². The van der Waals surface area contributed by atoms with E-state index in [1.807, 2.05) is 0 Å². The standard InChI is InChI=1S/C9H23O10P3/c1-8(2,20(10,11)15-5)18-21(12,16-6)9(3,4)19-22(13,14)17-7/h1-7H3,(H,10,11)(H,13,14). The number of hydrogen-bond acceptors (Lipinski definition) is 8. The van der Waals surface area contributed by atoms with Crippen molar-refractivity contribution in [3.8, 4) is 0 Å². The average molecular weight is 384 g/mol. The Bertz CT molecular complexity index is 528. The van der Waals surface area contributed by atoms with Crippen molar-refractivity contribution in [2.75, 3.05) is 21.3 Å². The maximum atomic E-state index is 12.8. The third-order valence-corrected chi connectivity index (χ3v) is 8.71. The summed E-state index contributed by atoms with van der Waals surface area (Å²) in [4.78, 5) is 19.1. The molecule has 13 heteroatoms. The first kappa shape index (κ1) is 22.4. The normalized spacial score (nSPS) is 21.7. The molecule has 0 saturated heterocycles. The van der Waals surface area contributed by atoms with Crippen LogP contribution in [0.4, 0.5) is 0 Å². The van der Waals surface area contributed by atoms with Gasteiger partial charge in [-0.2, -0.15) is 0 Å². The second-order valence-corrected chi connectivity index (χ2v) is 11.7. The fraction of sp³-hybridized carbons (Fsp3) is 1.00. The minimum atomic E-state index is -4.51. The monoisotopic (exact) mass is 384 g/mol. The molecule has 0 aliphatic carbocycles. The van der Waals surface area contributed by atoms with Crippen LogP contribution in [0.1, 0.15) is 27.7 Å². The Kier molecular flexibility index (Phi) is 7.25. The number of phosphoric ester groups is 1. The Morgan fingerprint density at radius 1 is 0.727 bits per heavy atom. The number of hydrogen-bond donors (Lipinski definition) is 2. The zero-order chi connectivity index (χ0) is 18.0. The highest BCUT2D eigenvalue weighted by Crippen LogP contribution is 2.70. The quantitative estimate of drug-likeness (QED) is 0.571. The molecule has 0 aromatic carbocycles. The molecule has 0 radical (unpaired) electrons. The molecular weight excluding hydrogens is 361 g/mol. The summed E-state index contributed by atoms with van der Waals surface area (Å²) in [5, 5.41) is -3.88. The molecule has 0 amide bonds. The van der Waals surface area contributed by atoms with E-state index in [0.717, 1.165) is 49.0 Å². The summed E-state index contributed by atoms with van der Waals surface area (Å²) >= 11 is 0. The van der Waals surface area contributed by atoms with Crippen molar-refractivity contribution in [2.45, 2.75) is 38.4 Å². The molecule has 22 heavy (non-hydrogen) atoms. The molecule has 10 nitrogen and oxygen atoms in total. The topological polar surface area (TPSA) is 138 Å². The fourth-order valence-corrected chi connectivity index (χ4v) is 5.15. The molecule has 0 heterocycles. The van der Waals surface area contributed by atoms with Crippen LogP contribution < -0.4 is 0 Å². The van der Waals surface area contributed by atoms with Gasteiger partial charge in [-0.15, -0.1) is 0 Å². The highest BCUT2D eigenvalue weighted by atomic mass is 31.2. The zero-order valence-corrected chi connectivity index (χ0v) is 16.2. The summed E-state index contributed by atoms with van der Waals surface area (Å²) in [5.41, 5.74) is 0. The summed E-state index contributed by atoms with van der Waals surface area (Å²) in [6, 6.07) is 0. The van der Waals surface area contributed by atoms with Gasteiger partial charge in [-0.3, -0.25) is 22.7 Å². The van der Waals surface area contributed by atoms with Gasteiger partial charge < -0.3 is 18.8 Å². The minimum absolute atomic E-state index is 0.923. The van der Waals surface area contributed by atoms with E-state index < -0.39 is 33.7 Å². The molecule has 0 saturated carbocycles. The lowest BCUT2D eigenvalue weighted by Gasteiger charge is -2.38. The predicted octanol–water partition coefficient (Wildman–Crippen LogP) is 2.91. The number of rotatable bonds is 9. The summed E-state index contributed by atoms with van der Waals surface area (Å²) in [6.07, 6.45) is 0. The van der Waals surface area contributed by atoms with Crippen LogP contribution in [0.25, 0.3) is 0 Å². The Morgan fingerprint density at radius 3 is 1.50 bits per heavy atom. The van der Waals surface area contributed by atoms with E-state index in [2.05, 4.69) is 9.05 Å². The van der Waals surface area contributed by atoms with Gasteiger partial charge in [-0.25, -0.2) is 4.57 Å². The van der Waals surface area contributed by atoms with Crippen LogP contribution in [0.2, 0.25) is 0 Å². The van der Waals surface area contributed by atoms with Gasteiger partial charge in [-0.05, 0) is 27.7 Å². The molecule has 3 unspecified atom stereocenters. The van der Waals surface area contributed by atoms with E-state index in [1.165, 1.54) is 0 Å². The van der Waals surface area contributed by atoms with Crippen LogP contribution in [0.15, 0.2) is 0 Å². The van der Waals surface area contributed by atoms with Gasteiger partial charge in [0.05, 0.1) is 0 Å². The molecule has 0 spiro atoms. The molecule has 134 valence electrons. The molecule has 2 N–H and O–H groups in total. The van der Waals surface area contributed by atoms with Crippen molar-refractivity contribution in [2.24, 2.45) is 0 Å². The molecular formula is C9H23O10P3. The van der Waals surface area contributed by atoms with Crippen LogP contribution >= 0.6 is 23.0 Å². The minimum Gasteiger partial charge on any atom is -0.322 e. The molecule has 0 aromatic rings. The highest BCUT2D eigenvalue weighted by Gasteiger charge is 2.55. The molecule has 0 rings (SSSR count). The molecule has 0 aliphatic rings. The summed E-state index contributed by atoms with van der Waals surface area (Å²) in [6.45, 7) is 4.64. The Labute approximate surface area is 129 Å². The Hall–Kier alpha value is 0.410. The molecule has 0 fully saturated rings. The third-order valence-electron chi connectivity index (χ3n) is 2.74. The lowest BCUT2D eigenvalue weighted by molar-refractivity contribution is 0.0520. The summed E-state index contributed by atoms with van der Waals surface area (Å²) < 4.78 is 59.8. The van der Waals surface area contributed by atoms with Crippen LogP contribution in [0.3, 0.4) is 0 Å². The van der Waals surface area contributed by atoms with Crippen molar-refractivity contribution >= 4 is 23.0 Å². The van der Waals surface area contributed by atoms with Gasteiger partial charge >= 0.3 is 23.0 Å². The van der Waals surface area contributed by atoms with Gasteiger partial charge in [0.15, 0.2) is 10.7 Å². The van der Waals surface area contributed by atoms with Crippen molar-refractivity contribution in [3.63, 3.8) is 0 Å². The van der Waals surface area contributed by atoms with Gasteiger partial charge in [0.2, 0.25) is 0 Å². The molecule has 0 bridgehead atoms. The van der Waals surface area contributed by atoms with Crippen LogP contribution in [0.5, 0.6) is 0 Å². The smallest absolute Gasteiger partial charge is 0.322 e. The average Bonchev–Trinajstić information content (AvgIpc) is 2.36. The highest BCUT2D eigenvalue weighted by molar-refractivity contribution is 7.59. The van der Waals surface area contributed by atoms with E-state index >= 15 is 0 Å². The maximum Gasteiger partial charge on any atom is 0.473 e. The zero-order valence-electron chi connectivity index (χ0n) is 13.5. The Morgan fingerprint density at radius 2 is 1.18 bits per heavy atom. The molecule has 0 aliphatic heterocycles. The first-order valence-corrected chi connectivity index (χ1v) is 10.6. The van der Waals surface area contributed by atoms with Crippen molar-refractivity contribution in [1.82, 2.24) is 0 Å². The van der Waals surface area contributed by atoms with Crippen molar-refractivity contribution in [1.29, 1.82) is 0 Å². The lowest BCUT2D eigenvalue weighted by atomic mass is 10.5. The van der Waals surface area contributed by atoms with Crippen molar-refractivity contribution < 1.29 is 46.1 Å². The van der Waals surface area contributed by atoms with Gasteiger partial charge in [0.25, 0.3) is 0 Å². The van der Waals surface area contributed by atoms with Crippen LogP contribution in [-0.4, -0.2) is 41.8 Å². The van der Waals surface area contributed by atoms with E-state index in [-0.39, 0.29) is 0 Å². The van der Waals surface area contributed by atoms with Gasteiger partial charge in [0, 0.05) is 21.3 Å². The first-order chi connectivity index (χ1) is 9.60. The Balaban J connectivity index is 5.67. The third kappa shape index (κ3) is 4.95. The largest absolute Gasteiger partial charge is 0.473 e. The van der Waals surface area contributed by atoms with E-state index in [4.69, 9.17) is 13.6 Å². The second-order valence-electron chi connectivity index (χ2n) is 5.11. The van der Waals surface area contributed by atoms with Gasteiger partial charge in [0.1, 0.15) is 0 Å². The summed E-state index contributed by atoms with van der Waals surface area (Å²) in [7, 11) is -10.2. The van der Waals surface area contributed by atoms with Crippen molar-refractivity contribution in [3.05, 3.63) is 0 Å². The SMILES string of the molecule is COP(=O)(O)OC(C)(C)P(=O)(OC)OC(C)(C)P(=O)(O)OC. The molecule has 0 aromatic heterocycles. The second kappa shape index (κ2) is 7.11. The van der Waals surface area contributed by atoms with Crippen LogP contribution in [-0.2, 0) is 36.3 Å². The first-order valence-electron chi connectivity index (χ1n) is 5.94. The maximum absolute atomic E-state index is 12.8. The van der Waals surface area contributed by atoms with E-state index in [9.17, 15) is 23.5 Å². The lowest BCUT2D eigenvalue weighted by Crippen LogP contribution is -2.32.